The van der Waals surface area contributed by atoms with Crippen LogP contribution in [0.15, 0.2) is 24.3 Å². The molecule has 29 heavy (non-hydrogen) atoms. The van der Waals surface area contributed by atoms with Crippen molar-refractivity contribution in [2.45, 2.75) is 98.0 Å². The van der Waals surface area contributed by atoms with Crippen LogP contribution in [0.3, 0.4) is 0 Å². The smallest absolute Gasteiger partial charge is 0.339 e. The Labute approximate surface area is 177 Å². The van der Waals surface area contributed by atoms with Crippen LogP contribution in [0.25, 0.3) is 0 Å². The van der Waals surface area contributed by atoms with Gasteiger partial charge in [0.2, 0.25) is 0 Å². The molecule has 0 aromatic heterocycles. The van der Waals surface area contributed by atoms with Gasteiger partial charge in [-0.05, 0) is 37.8 Å². The van der Waals surface area contributed by atoms with E-state index in [2.05, 4.69) is 20.8 Å². The van der Waals surface area contributed by atoms with Crippen LogP contribution in [0.4, 0.5) is 0 Å². The molecule has 164 valence electrons. The minimum atomic E-state index is -0.464. The molecule has 0 fully saturated rings. The van der Waals surface area contributed by atoms with Gasteiger partial charge in [-0.25, -0.2) is 9.59 Å². The molecule has 1 aromatic carbocycles. The number of esters is 2. The lowest BCUT2D eigenvalue weighted by Crippen LogP contribution is -2.20. The van der Waals surface area contributed by atoms with Gasteiger partial charge in [0.05, 0.1) is 23.8 Å². The Kier molecular flexibility index (Phi) is 13.1. The summed E-state index contributed by atoms with van der Waals surface area (Å²) < 4.78 is 10.9. The van der Waals surface area contributed by atoms with Crippen molar-refractivity contribution in [2.24, 2.45) is 5.92 Å². The van der Waals surface area contributed by atoms with E-state index in [0.29, 0.717) is 12.5 Å². The average Bonchev–Trinajstić information content (AvgIpc) is 2.68. The number of ether oxygens (including phenoxy) is 2. The number of hydrogen-bond donors (Lipinski definition) is 0. The van der Waals surface area contributed by atoms with Gasteiger partial charge in [0.15, 0.2) is 0 Å². The monoisotopic (exact) mass is 404 g/mol. The van der Waals surface area contributed by atoms with E-state index in [1.807, 2.05) is 6.92 Å². The summed E-state index contributed by atoms with van der Waals surface area (Å²) in [6.07, 6.45) is 11.5. The molecule has 1 unspecified atom stereocenters. The SMILES string of the molecule is CCCCCCCCCCCOC(=O)c1ccccc1C(=O)OC(C)CC(C)C. The Morgan fingerprint density at radius 1 is 0.793 bits per heavy atom. The minimum Gasteiger partial charge on any atom is -0.462 e. The normalized spacial score (nSPS) is 12.0. The fraction of sp³-hybridized carbons (Fsp3) is 0.680. The first-order valence-electron chi connectivity index (χ1n) is 11.4. The molecule has 0 amide bonds. The van der Waals surface area contributed by atoms with Gasteiger partial charge in [-0.15, -0.1) is 0 Å². The van der Waals surface area contributed by atoms with Crippen LogP contribution >= 0.6 is 0 Å². The molecule has 4 nitrogen and oxygen atoms in total. The Balaban J connectivity index is 2.36. The predicted molar refractivity (Wildman–Crippen MR) is 118 cm³/mol. The molecular weight excluding hydrogens is 364 g/mol. The summed E-state index contributed by atoms with van der Waals surface area (Å²) in [7, 11) is 0. The molecule has 0 saturated heterocycles. The fourth-order valence-electron chi connectivity index (χ4n) is 3.45. The number of rotatable bonds is 15. The van der Waals surface area contributed by atoms with Crippen molar-refractivity contribution in [1.82, 2.24) is 0 Å². The van der Waals surface area contributed by atoms with E-state index in [1.54, 1.807) is 24.3 Å². The molecule has 0 aliphatic carbocycles. The highest BCUT2D eigenvalue weighted by molar-refractivity contribution is 6.03. The molecule has 0 radical (unpaired) electrons. The quantitative estimate of drug-likeness (QED) is 0.234. The van der Waals surface area contributed by atoms with Crippen LogP contribution in [0.1, 0.15) is 113 Å². The number of unbranched alkanes of at least 4 members (excludes halogenated alkanes) is 8. The fourth-order valence-corrected chi connectivity index (χ4v) is 3.45. The van der Waals surface area contributed by atoms with Crippen LogP contribution < -0.4 is 0 Å². The van der Waals surface area contributed by atoms with E-state index >= 15 is 0 Å². The summed E-state index contributed by atoms with van der Waals surface area (Å²) in [6.45, 7) is 8.67. The van der Waals surface area contributed by atoms with Crippen molar-refractivity contribution in [3.8, 4) is 0 Å². The highest BCUT2D eigenvalue weighted by Gasteiger charge is 2.20. The number of carbonyl (C=O) groups is 2. The summed E-state index contributed by atoms with van der Waals surface area (Å²) in [5.74, 6) is -0.475. The number of benzene rings is 1. The van der Waals surface area contributed by atoms with E-state index in [9.17, 15) is 9.59 Å². The second-order valence-electron chi connectivity index (χ2n) is 8.36. The molecule has 1 aromatic rings. The van der Waals surface area contributed by atoms with Gasteiger partial charge in [0, 0.05) is 0 Å². The van der Waals surface area contributed by atoms with Crippen molar-refractivity contribution in [3.05, 3.63) is 35.4 Å². The maximum Gasteiger partial charge on any atom is 0.339 e. The van der Waals surface area contributed by atoms with Crippen molar-refractivity contribution in [2.75, 3.05) is 6.61 Å². The lowest BCUT2D eigenvalue weighted by atomic mass is 10.1. The molecule has 0 saturated carbocycles. The summed E-state index contributed by atoms with van der Waals surface area (Å²) >= 11 is 0. The van der Waals surface area contributed by atoms with Crippen molar-refractivity contribution >= 4 is 11.9 Å². The van der Waals surface area contributed by atoms with Crippen LogP contribution in [-0.4, -0.2) is 24.6 Å². The topological polar surface area (TPSA) is 52.6 Å². The van der Waals surface area contributed by atoms with Crippen LogP contribution in [-0.2, 0) is 9.47 Å². The minimum absolute atomic E-state index is 0.187. The van der Waals surface area contributed by atoms with Gasteiger partial charge in [0.25, 0.3) is 0 Å². The highest BCUT2D eigenvalue weighted by Crippen LogP contribution is 2.16. The van der Waals surface area contributed by atoms with Crippen LogP contribution in [0, 0.1) is 5.92 Å². The van der Waals surface area contributed by atoms with E-state index in [1.165, 1.54) is 44.9 Å². The summed E-state index contributed by atoms with van der Waals surface area (Å²) in [5, 5.41) is 0. The van der Waals surface area contributed by atoms with Crippen molar-refractivity contribution < 1.29 is 19.1 Å². The molecular formula is C25H40O4. The van der Waals surface area contributed by atoms with Crippen molar-refractivity contribution in [3.63, 3.8) is 0 Å². The molecule has 0 heterocycles. The third-order valence-corrected chi connectivity index (χ3v) is 4.96. The summed E-state index contributed by atoms with van der Waals surface area (Å²) in [6, 6.07) is 6.73. The first-order valence-corrected chi connectivity index (χ1v) is 11.4. The first kappa shape index (κ1) is 25.2. The average molecular weight is 405 g/mol. The summed E-state index contributed by atoms with van der Waals surface area (Å²) in [5.41, 5.74) is 0.561. The Morgan fingerprint density at radius 3 is 1.86 bits per heavy atom. The van der Waals surface area contributed by atoms with E-state index in [4.69, 9.17) is 9.47 Å². The molecule has 1 rings (SSSR count). The van der Waals surface area contributed by atoms with E-state index in [-0.39, 0.29) is 17.2 Å². The van der Waals surface area contributed by atoms with Gasteiger partial charge in [0.1, 0.15) is 0 Å². The summed E-state index contributed by atoms with van der Waals surface area (Å²) in [4.78, 5) is 24.9. The van der Waals surface area contributed by atoms with Gasteiger partial charge in [-0.1, -0.05) is 84.3 Å². The Hall–Kier alpha value is -1.84. The maximum absolute atomic E-state index is 12.5. The largest absolute Gasteiger partial charge is 0.462 e. The number of hydrogen-bond acceptors (Lipinski definition) is 4. The molecule has 1 atom stereocenters. The first-order chi connectivity index (χ1) is 14.0. The standard InChI is InChI=1S/C25H40O4/c1-5-6-7-8-9-10-11-12-15-18-28-24(26)22-16-13-14-17-23(22)25(27)29-21(4)19-20(2)3/h13-14,16-17,20-21H,5-12,15,18-19H2,1-4H3. The Morgan fingerprint density at radius 2 is 1.31 bits per heavy atom. The van der Waals surface area contributed by atoms with Crippen molar-refractivity contribution in [1.29, 1.82) is 0 Å². The molecule has 0 aliphatic rings. The predicted octanol–water partition coefficient (Wildman–Crippen LogP) is 6.97. The molecule has 0 N–H and O–H groups in total. The maximum atomic E-state index is 12.5. The van der Waals surface area contributed by atoms with Gasteiger partial charge in [-0.3, -0.25) is 0 Å². The molecule has 4 heteroatoms. The highest BCUT2D eigenvalue weighted by atomic mass is 16.5. The third-order valence-electron chi connectivity index (χ3n) is 4.96. The molecule has 0 spiro atoms. The zero-order valence-electron chi connectivity index (χ0n) is 18.9. The zero-order chi connectivity index (χ0) is 21.5. The van der Waals surface area contributed by atoms with Gasteiger partial charge >= 0.3 is 11.9 Å². The molecule has 0 aliphatic heterocycles. The second-order valence-corrected chi connectivity index (χ2v) is 8.36. The van der Waals surface area contributed by atoms with E-state index < -0.39 is 11.9 Å². The second kappa shape index (κ2) is 15.1. The zero-order valence-corrected chi connectivity index (χ0v) is 18.9. The molecule has 0 bridgehead atoms. The number of carbonyl (C=O) groups excluding carboxylic acids is 2. The third kappa shape index (κ3) is 11.1. The van der Waals surface area contributed by atoms with Gasteiger partial charge < -0.3 is 9.47 Å². The van der Waals surface area contributed by atoms with Crippen LogP contribution in [0.2, 0.25) is 0 Å². The van der Waals surface area contributed by atoms with Crippen LogP contribution in [0.5, 0.6) is 0 Å². The lowest BCUT2D eigenvalue weighted by Gasteiger charge is -2.16. The van der Waals surface area contributed by atoms with E-state index in [0.717, 1.165) is 19.3 Å². The van der Waals surface area contributed by atoms with Gasteiger partial charge in [-0.2, -0.15) is 0 Å². The Bertz CT molecular complexity index is 594. The lowest BCUT2D eigenvalue weighted by molar-refractivity contribution is 0.0288.